The molecule has 0 radical (unpaired) electrons. The van der Waals surface area contributed by atoms with Gasteiger partial charge in [-0.3, -0.25) is 14.6 Å². The number of sulfone groups is 1. The van der Waals surface area contributed by atoms with Crippen molar-refractivity contribution in [2.45, 2.75) is 87.6 Å². The van der Waals surface area contributed by atoms with Crippen LogP contribution in [0.25, 0.3) is 10.9 Å². The van der Waals surface area contributed by atoms with E-state index in [-0.39, 0.29) is 41.2 Å². The van der Waals surface area contributed by atoms with Crippen LogP contribution in [0.3, 0.4) is 0 Å². The highest BCUT2D eigenvalue weighted by molar-refractivity contribution is 7.92. The van der Waals surface area contributed by atoms with Gasteiger partial charge in [-0.2, -0.15) is 0 Å². The maximum Gasteiger partial charge on any atom is 0.239 e. The van der Waals surface area contributed by atoms with Gasteiger partial charge in [-0.1, -0.05) is 48.5 Å². The Labute approximate surface area is 289 Å². The molecule has 12 nitrogen and oxygen atoms in total. The van der Waals surface area contributed by atoms with Gasteiger partial charge in [0, 0.05) is 30.1 Å². The number of methoxy groups -OCH3 is 1. The Hall–Kier alpha value is -3.43. The van der Waals surface area contributed by atoms with Crippen molar-refractivity contribution in [3.63, 3.8) is 0 Å². The molecule has 4 rings (SSSR count). The number of nitrogens with one attached hydrogen (secondary N) is 3. The number of carbonyl (C=O) groups excluding carboxylic acids is 2. The van der Waals surface area contributed by atoms with Gasteiger partial charge in [-0.25, -0.2) is 21.6 Å². The number of fused-ring (bicyclic) bond motifs is 1. The highest BCUT2D eigenvalue weighted by Gasteiger charge is 2.39. The van der Waals surface area contributed by atoms with E-state index in [9.17, 15) is 31.5 Å². The van der Waals surface area contributed by atoms with Gasteiger partial charge in [0.25, 0.3) is 0 Å². The van der Waals surface area contributed by atoms with Crippen molar-refractivity contribution in [3.8, 4) is 0 Å². The Morgan fingerprint density at radius 1 is 1.00 bits per heavy atom. The highest BCUT2D eigenvalue weighted by Crippen LogP contribution is 2.36. The van der Waals surface area contributed by atoms with Crippen molar-refractivity contribution >= 4 is 42.6 Å². The zero-order valence-electron chi connectivity index (χ0n) is 28.6. The second-order valence-corrected chi connectivity index (χ2v) is 17.7. The zero-order chi connectivity index (χ0) is 36.0. The summed E-state index contributed by atoms with van der Waals surface area (Å²) in [6, 6.07) is 14.4. The van der Waals surface area contributed by atoms with Crippen molar-refractivity contribution in [3.05, 3.63) is 72.4 Å². The third-order valence-electron chi connectivity index (χ3n) is 8.73. The summed E-state index contributed by atoms with van der Waals surface area (Å²) in [4.78, 5) is 31.3. The number of aromatic nitrogens is 1. The monoisotopic (exact) mass is 716 g/mol. The molecule has 0 aliphatic heterocycles. The van der Waals surface area contributed by atoms with Crippen molar-refractivity contribution in [2.24, 2.45) is 11.8 Å². The molecule has 268 valence electrons. The zero-order valence-corrected chi connectivity index (χ0v) is 30.3. The fourth-order valence-electron chi connectivity index (χ4n) is 6.47. The normalized spacial score (nSPS) is 20.7. The van der Waals surface area contributed by atoms with E-state index in [1.165, 1.54) is 12.3 Å². The summed E-state index contributed by atoms with van der Waals surface area (Å²) in [6.45, 7) is 5.71. The summed E-state index contributed by atoms with van der Waals surface area (Å²) < 4.78 is 60.1. The van der Waals surface area contributed by atoms with Gasteiger partial charge in [0.15, 0.2) is 9.84 Å². The van der Waals surface area contributed by atoms with E-state index in [4.69, 9.17) is 4.74 Å². The van der Waals surface area contributed by atoms with E-state index >= 15 is 0 Å². The van der Waals surface area contributed by atoms with Gasteiger partial charge in [0.2, 0.25) is 21.8 Å². The number of aliphatic hydroxyl groups is 1. The minimum atomic E-state index is -4.25. The molecule has 0 bridgehead atoms. The first-order valence-electron chi connectivity index (χ1n) is 16.4. The van der Waals surface area contributed by atoms with Gasteiger partial charge in [-0.15, -0.1) is 0 Å². The molecule has 4 N–H and O–H groups in total. The molecule has 0 saturated heterocycles. The van der Waals surface area contributed by atoms with Crippen LogP contribution < -0.4 is 15.4 Å². The molecule has 14 heteroatoms. The maximum atomic E-state index is 13.9. The Morgan fingerprint density at radius 2 is 1.69 bits per heavy atom. The number of para-hydroxylation sites is 1. The first-order valence-corrected chi connectivity index (χ1v) is 19.9. The van der Waals surface area contributed by atoms with Gasteiger partial charge < -0.3 is 20.5 Å². The van der Waals surface area contributed by atoms with E-state index in [0.29, 0.717) is 24.6 Å². The van der Waals surface area contributed by atoms with Crippen LogP contribution in [0.4, 0.5) is 0 Å². The molecule has 1 fully saturated rings. The Bertz CT molecular complexity index is 1810. The molecule has 6 unspecified atom stereocenters. The minimum Gasteiger partial charge on any atom is -0.391 e. The van der Waals surface area contributed by atoms with Crippen LogP contribution in [0.5, 0.6) is 0 Å². The number of aliphatic hydroxyl groups excluding tert-OH is 1. The third-order valence-corrected chi connectivity index (χ3v) is 11.2. The van der Waals surface area contributed by atoms with Crippen molar-refractivity contribution < 1.29 is 36.3 Å². The van der Waals surface area contributed by atoms with Gasteiger partial charge in [0.1, 0.15) is 6.04 Å². The van der Waals surface area contributed by atoms with Crippen LogP contribution in [-0.4, -0.2) is 87.7 Å². The largest absolute Gasteiger partial charge is 0.391 e. The summed E-state index contributed by atoms with van der Waals surface area (Å²) in [7, 11) is -6.69. The van der Waals surface area contributed by atoms with Crippen LogP contribution in [0.15, 0.2) is 71.8 Å². The quantitative estimate of drug-likeness (QED) is 0.195. The van der Waals surface area contributed by atoms with Gasteiger partial charge in [-0.05, 0) is 76.5 Å². The number of hydrogen-bond donors (Lipinski definition) is 4. The standard InChI is InChI=1S/C35H48N4O8S2/c1-35(2,3)38-33(41)27-17-16-26(47-4)20-25(27)21-30(40)28(19-23-11-7-6-8-12-23)37-34(42)29(39-48(5,43)44)22-49(45,46)31-15-9-13-24-14-10-18-36-32(24)31/h6-15,18,25-30,39-40H,16-17,19-22H2,1-5H3,(H,37,42)(H,38,41). The molecule has 1 aliphatic carbocycles. The lowest BCUT2D eigenvalue weighted by atomic mass is 9.73. The lowest BCUT2D eigenvalue weighted by Crippen LogP contribution is -2.55. The molecule has 3 aromatic rings. The van der Waals surface area contributed by atoms with E-state index in [2.05, 4.69) is 20.3 Å². The number of hydrogen-bond acceptors (Lipinski definition) is 9. The molecule has 6 atom stereocenters. The number of nitrogens with zero attached hydrogens (tertiary/aromatic N) is 1. The maximum absolute atomic E-state index is 13.9. The Balaban J connectivity index is 1.63. The average molecular weight is 717 g/mol. The first kappa shape index (κ1) is 38.4. The number of benzene rings is 2. The van der Waals surface area contributed by atoms with Crippen LogP contribution in [0, 0.1) is 11.8 Å². The van der Waals surface area contributed by atoms with Crippen LogP contribution >= 0.6 is 0 Å². The predicted molar refractivity (Wildman–Crippen MR) is 188 cm³/mol. The molecule has 1 aromatic heterocycles. The molecule has 1 saturated carbocycles. The SMILES string of the molecule is COC1CCC(C(=O)NC(C)(C)C)C(CC(O)C(Cc2ccccc2)NC(=O)C(CS(=O)(=O)c2cccc3cccnc23)NS(C)(=O)=O)C1. The number of carbonyl (C=O) groups is 2. The fourth-order valence-corrected chi connectivity index (χ4v) is 8.89. The second kappa shape index (κ2) is 16.1. The Kier molecular flexibility index (Phi) is 12.6. The lowest BCUT2D eigenvalue weighted by molar-refractivity contribution is -0.132. The van der Waals surface area contributed by atoms with Crippen LogP contribution in [0.2, 0.25) is 0 Å². The molecule has 0 spiro atoms. The summed E-state index contributed by atoms with van der Waals surface area (Å²) in [5.74, 6) is -2.60. The molecular weight excluding hydrogens is 669 g/mol. The highest BCUT2D eigenvalue weighted by atomic mass is 32.2. The van der Waals surface area contributed by atoms with Crippen LogP contribution in [-0.2, 0) is 40.6 Å². The second-order valence-electron chi connectivity index (χ2n) is 13.9. The lowest BCUT2D eigenvalue weighted by Gasteiger charge is -2.38. The topological polar surface area (TPSA) is 181 Å². The van der Waals surface area contributed by atoms with E-state index in [1.54, 1.807) is 31.4 Å². The average Bonchev–Trinajstić information content (AvgIpc) is 3.02. The van der Waals surface area contributed by atoms with Crippen LogP contribution in [0.1, 0.15) is 52.0 Å². The molecule has 49 heavy (non-hydrogen) atoms. The molecule has 1 aliphatic rings. The van der Waals surface area contributed by atoms with Gasteiger partial charge >= 0.3 is 0 Å². The predicted octanol–water partition coefficient (Wildman–Crippen LogP) is 2.75. The Morgan fingerprint density at radius 3 is 2.35 bits per heavy atom. The van der Waals surface area contributed by atoms with E-state index in [1.807, 2.05) is 51.1 Å². The van der Waals surface area contributed by atoms with Gasteiger partial charge in [0.05, 0.1) is 40.7 Å². The first-order chi connectivity index (χ1) is 23.0. The van der Waals surface area contributed by atoms with Crippen molar-refractivity contribution in [1.29, 1.82) is 0 Å². The summed E-state index contributed by atoms with van der Waals surface area (Å²) in [6.07, 6.45) is 3.11. The van der Waals surface area contributed by atoms with Crippen molar-refractivity contribution in [1.82, 2.24) is 20.3 Å². The molecular formula is C35H48N4O8S2. The number of amides is 2. The summed E-state index contributed by atoms with van der Waals surface area (Å²) in [5, 5.41) is 18.1. The third kappa shape index (κ3) is 11.0. The number of rotatable bonds is 14. The number of pyridine rings is 1. The minimum absolute atomic E-state index is 0.102. The smallest absolute Gasteiger partial charge is 0.239 e. The van der Waals surface area contributed by atoms with E-state index < -0.39 is 61.2 Å². The number of ether oxygens (including phenoxy) is 1. The van der Waals surface area contributed by atoms with Crippen molar-refractivity contribution in [2.75, 3.05) is 19.1 Å². The number of sulfonamides is 1. The van der Waals surface area contributed by atoms with E-state index in [0.717, 1.165) is 11.8 Å². The summed E-state index contributed by atoms with van der Waals surface area (Å²) in [5.41, 5.74) is 0.536. The molecule has 2 amide bonds. The molecule has 1 heterocycles. The summed E-state index contributed by atoms with van der Waals surface area (Å²) >= 11 is 0. The fraction of sp³-hybridized carbons (Fsp3) is 0.514. The molecule has 2 aromatic carbocycles.